The van der Waals surface area contributed by atoms with Crippen molar-refractivity contribution >= 4 is 16.0 Å². The van der Waals surface area contributed by atoms with Crippen LogP contribution in [0.5, 0.6) is 0 Å². The van der Waals surface area contributed by atoms with E-state index in [0.29, 0.717) is 12.0 Å². The van der Waals surface area contributed by atoms with Gasteiger partial charge in [-0.15, -0.1) is 0 Å². The predicted molar refractivity (Wildman–Crippen MR) is 70.1 cm³/mol. The molecule has 0 saturated carbocycles. The number of nitrogens with one attached hydrogen (secondary N) is 1. The summed E-state index contributed by atoms with van der Waals surface area (Å²) in [7, 11) is -3.59. The van der Waals surface area contributed by atoms with Crippen LogP contribution >= 0.6 is 0 Å². The monoisotopic (exact) mass is 283 g/mol. The molecule has 0 radical (unpaired) electrons. The third kappa shape index (κ3) is 2.37. The summed E-state index contributed by atoms with van der Waals surface area (Å²) in [6.07, 6.45) is 0.678. The Morgan fingerprint density at radius 3 is 2.63 bits per heavy atom. The van der Waals surface area contributed by atoms with Crippen molar-refractivity contribution < 1.29 is 18.3 Å². The molecule has 1 aromatic carbocycles. The number of carboxylic acid groups (broad SMARTS) is 1. The Kier molecular flexibility index (Phi) is 3.64. The Bertz CT molecular complexity index is 596. The number of carbonyl (C=O) groups is 1. The minimum Gasteiger partial charge on any atom is -0.481 e. The molecule has 3 unspecified atom stereocenters. The van der Waals surface area contributed by atoms with E-state index >= 15 is 0 Å². The summed E-state index contributed by atoms with van der Waals surface area (Å²) in [5, 5.41) is 9.40. The van der Waals surface area contributed by atoms with Gasteiger partial charge >= 0.3 is 5.97 Å². The van der Waals surface area contributed by atoms with E-state index in [2.05, 4.69) is 4.72 Å². The van der Waals surface area contributed by atoms with Gasteiger partial charge < -0.3 is 5.11 Å². The third-order valence-electron chi connectivity index (χ3n) is 3.73. The van der Waals surface area contributed by atoms with Gasteiger partial charge in [0.2, 0.25) is 10.0 Å². The lowest BCUT2D eigenvalue weighted by atomic mass is 9.83. The Labute approximate surface area is 112 Å². The van der Waals surface area contributed by atoms with Crippen molar-refractivity contribution in [3.8, 4) is 0 Å². The Balaban J connectivity index is 2.50. The summed E-state index contributed by atoms with van der Waals surface area (Å²) in [6.45, 7) is 3.73. The molecule has 5 nitrogen and oxygen atoms in total. The molecule has 1 aliphatic rings. The van der Waals surface area contributed by atoms with E-state index in [0.717, 1.165) is 0 Å². The number of fused-ring (bicyclic) bond motifs is 1. The molecule has 0 amide bonds. The van der Waals surface area contributed by atoms with Crippen LogP contribution in [0.2, 0.25) is 0 Å². The summed E-state index contributed by atoms with van der Waals surface area (Å²) >= 11 is 0. The van der Waals surface area contributed by atoms with Crippen molar-refractivity contribution in [2.75, 3.05) is 0 Å². The Morgan fingerprint density at radius 2 is 2.05 bits per heavy atom. The van der Waals surface area contributed by atoms with Crippen LogP contribution in [-0.2, 0) is 14.8 Å². The van der Waals surface area contributed by atoms with E-state index in [4.69, 9.17) is 0 Å². The van der Waals surface area contributed by atoms with E-state index in [1.807, 2.05) is 13.8 Å². The largest absolute Gasteiger partial charge is 0.481 e. The van der Waals surface area contributed by atoms with Crippen LogP contribution in [0.1, 0.15) is 31.9 Å². The highest BCUT2D eigenvalue weighted by molar-refractivity contribution is 7.89. The number of hydrogen-bond acceptors (Lipinski definition) is 3. The van der Waals surface area contributed by atoms with Gasteiger partial charge in [0.15, 0.2) is 0 Å². The second-order valence-corrected chi connectivity index (χ2v) is 6.57. The lowest BCUT2D eigenvalue weighted by Gasteiger charge is -2.24. The van der Waals surface area contributed by atoms with Gasteiger partial charge in [-0.05, 0) is 17.5 Å². The molecule has 0 fully saturated rings. The van der Waals surface area contributed by atoms with E-state index in [1.165, 1.54) is 6.07 Å². The van der Waals surface area contributed by atoms with Gasteiger partial charge in [-0.25, -0.2) is 13.1 Å². The van der Waals surface area contributed by atoms with Gasteiger partial charge in [0.25, 0.3) is 0 Å². The zero-order valence-electron chi connectivity index (χ0n) is 10.8. The standard InChI is InChI=1S/C13H17NO4S/c1-3-8(2)11(13(15)16)12-9-6-4-5-7-10(9)19(17,18)14-12/h4-8,11-12,14H,3H2,1-2H3,(H,15,16). The maximum atomic E-state index is 12.0. The lowest BCUT2D eigenvalue weighted by molar-refractivity contribution is -0.144. The zero-order chi connectivity index (χ0) is 14.2. The number of aliphatic carboxylic acids is 1. The average molecular weight is 283 g/mol. The molecule has 0 aromatic heterocycles. The van der Waals surface area contributed by atoms with Crippen LogP contribution < -0.4 is 4.72 Å². The van der Waals surface area contributed by atoms with Crippen LogP contribution in [0.4, 0.5) is 0 Å². The number of hydrogen-bond donors (Lipinski definition) is 2. The predicted octanol–water partition coefficient (Wildman–Crippen LogP) is 1.77. The van der Waals surface area contributed by atoms with Gasteiger partial charge in [0, 0.05) is 0 Å². The maximum absolute atomic E-state index is 12.0. The van der Waals surface area contributed by atoms with E-state index in [1.54, 1.807) is 18.2 Å². The van der Waals surface area contributed by atoms with Crippen LogP contribution in [-0.4, -0.2) is 19.5 Å². The van der Waals surface area contributed by atoms with Crippen molar-refractivity contribution in [2.24, 2.45) is 11.8 Å². The Hall–Kier alpha value is -1.40. The minimum atomic E-state index is -3.59. The third-order valence-corrected chi connectivity index (χ3v) is 5.24. The fourth-order valence-electron chi connectivity index (χ4n) is 2.51. The molecule has 19 heavy (non-hydrogen) atoms. The quantitative estimate of drug-likeness (QED) is 0.882. The summed E-state index contributed by atoms with van der Waals surface area (Å²) in [4.78, 5) is 11.7. The van der Waals surface area contributed by atoms with Gasteiger partial charge in [-0.2, -0.15) is 0 Å². The highest BCUT2D eigenvalue weighted by atomic mass is 32.2. The molecule has 1 aliphatic heterocycles. The van der Waals surface area contributed by atoms with Gasteiger partial charge in [-0.1, -0.05) is 38.5 Å². The topological polar surface area (TPSA) is 83.5 Å². The zero-order valence-corrected chi connectivity index (χ0v) is 11.6. The van der Waals surface area contributed by atoms with Crippen molar-refractivity contribution in [3.05, 3.63) is 29.8 Å². The first kappa shape index (κ1) is 14.0. The van der Waals surface area contributed by atoms with Crippen molar-refractivity contribution in [1.82, 2.24) is 4.72 Å². The minimum absolute atomic E-state index is 0.114. The van der Waals surface area contributed by atoms with E-state index in [9.17, 15) is 18.3 Å². The van der Waals surface area contributed by atoms with E-state index in [-0.39, 0.29) is 10.8 Å². The fourth-order valence-corrected chi connectivity index (χ4v) is 4.01. The first-order valence-electron chi connectivity index (χ1n) is 6.22. The van der Waals surface area contributed by atoms with Crippen molar-refractivity contribution in [1.29, 1.82) is 0 Å². The molecule has 1 aromatic rings. The molecule has 6 heteroatoms. The molecule has 0 saturated heterocycles. The number of benzene rings is 1. The highest BCUT2D eigenvalue weighted by Crippen LogP contribution is 2.39. The second-order valence-electron chi connectivity index (χ2n) is 4.89. The summed E-state index contributed by atoms with van der Waals surface area (Å²) in [6, 6.07) is 5.86. The summed E-state index contributed by atoms with van der Waals surface area (Å²) in [5.74, 6) is -1.85. The maximum Gasteiger partial charge on any atom is 0.308 e. The van der Waals surface area contributed by atoms with E-state index < -0.39 is 28.0 Å². The highest BCUT2D eigenvalue weighted by Gasteiger charge is 2.42. The van der Waals surface area contributed by atoms with Crippen LogP contribution in [0.25, 0.3) is 0 Å². The molecule has 2 N–H and O–H groups in total. The van der Waals surface area contributed by atoms with Crippen LogP contribution in [0.3, 0.4) is 0 Å². The molecule has 0 bridgehead atoms. The first-order chi connectivity index (χ1) is 8.88. The van der Waals surface area contributed by atoms with Gasteiger partial charge in [0.05, 0.1) is 16.9 Å². The number of rotatable bonds is 4. The smallest absolute Gasteiger partial charge is 0.308 e. The first-order valence-corrected chi connectivity index (χ1v) is 7.71. The molecule has 2 rings (SSSR count). The Morgan fingerprint density at radius 1 is 1.42 bits per heavy atom. The average Bonchev–Trinajstić information content (AvgIpc) is 2.62. The van der Waals surface area contributed by atoms with Crippen LogP contribution in [0.15, 0.2) is 29.2 Å². The van der Waals surface area contributed by atoms with Crippen LogP contribution in [0, 0.1) is 11.8 Å². The second kappa shape index (κ2) is 4.94. The number of carboxylic acids is 1. The molecule has 104 valence electrons. The molecule has 0 aliphatic carbocycles. The number of sulfonamides is 1. The molecular weight excluding hydrogens is 266 g/mol. The van der Waals surface area contributed by atoms with Crippen molar-refractivity contribution in [3.63, 3.8) is 0 Å². The fraction of sp³-hybridized carbons (Fsp3) is 0.462. The summed E-state index contributed by atoms with van der Waals surface area (Å²) < 4.78 is 26.5. The molecule has 3 atom stereocenters. The lowest BCUT2D eigenvalue weighted by Crippen LogP contribution is -2.34. The van der Waals surface area contributed by atoms with Gasteiger partial charge in [-0.3, -0.25) is 4.79 Å². The normalized spacial score (nSPS) is 23.6. The molecular formula is C13H17NO4S. The summed E-state index contributed by atoms with van der Waals surface area (Å²) in [5.41, 5.74) is 0.551. The molecule has 0 spiro atoms. The van der Waals surface area contributed by atoms with Crippen molar-refractivity contribution in [2.45, 2.75) is 31.2 Å². The SMILES string of the molecule is CCC(C)C(C(=O)O)C1NS(=O)(=O)c2ccccc21. The van der Waals surface area contributed by atoms with Gasteiger partial charge in [0.1, 0.15) is 0 Å². The molecule has 1 heterocycles.